The van der Waals surface area contributed by atoms with Crippen LogP contribution >= 0.6 is 11.8 Å². The molecule has 3 heterocycles. The Morgan fingerprint density at radius 1 is 1.50 bits per heavy atom. The summed E-state index contributed by atoms with van der Waals surface area (Å²) in [5.74, 6) is 4.00. The Kier molecular flexibility index (Phi) is 2.44. The predicted octanol–water partition coefficient (Wildman–Crippen LogP) is 2.37. The smallest absolute Gasteiger partial charge is 0.151 e. The van der Waals surface area contributed by atoms with Crippen LogP contribution in [0.15, 0.2) is 24.5 Å². The van der Waals surface area contributed by atoms with E-state index >= 15 is 0 Å². The molecule has 4 heteroatoms. The van der Waals surface area contributed by atoms with E-state index in [4.69, 9.17) is 0 Å². The number of rotatable bonds is 2. The van der Waals surface area contributed by atoms with Gasteiger partial charge in [0.05, 0.1) is 11.7 Å². The first-order valence-electron chi connectivity index (χ1n) is 5.38. The zero-order valence-electron chi connectivity index (χ0n) is 8.80. The van der Waals surface area contributed by atoms with Crippen molar-refractivity contribution in [2.75, 3.05) is 11.5 Å². The van der Waals surface area contributed by atoms with Gasteiger partial charge in [-0.25, -0.2) is 4.98 Å². The van der Waals surface area contributed by atoms with E-state index in [1.165, 1.54) is 12.2 Å². The van der Waals surface area contributed by atoms with Crippen molar-refractivity contribution < 1.29 is 4.79 Å². The third kappa shape index (κ3) is 1.53. The Labute approximate surface area is 97.9 Å². The first-order chi connectivity index (χ1) is 7.88. The molecule has 1 aliphatic rings. The molecule has 3 rings (SSSR count). The SMILES string of the molecule is O=Cc1ccc2cnc(C3CCSC3)n2c1. The van der Waals surface area contributed by atoms with E-state index in [0.29, 0.717) is 11.5 Å². The lowest BCUT2D eigenvalue weighted by atomic mass is 10.1. The van der Waals surface area contributed by atoms with E-state index in [0.717, 1.165) is 23.4 Å². The van der Waals surface area contributed by atoms with Gasteiger partial charge in [0.1, 0.15) is 5.82 Å². The fourth-order valence-electron chi connectivity index (χ4n) is 2.14. The van der Waals surface area contributed by atoms with Gasteiger partial charge in [0.25, 0.3) is 0 Å². The number of carbonyl (C=O) groups excluding carboxylic acids is 1. The predicted molar refractivity (Wildman–Crippen MR) is 65.3 cm³/mol. The molecule has 2 aromatic rings. The molecule has 0 bridgehead atoms. The van der Waals surface area contributed by atoms with Gasteiger partial charge in [-0.3, -0.25) is 4.79 Å². The highest BCUT2D eigenvalue weighted by Crippen LogP contribution is 2.31. The molecule has 0 aromatic carbocycles. The summed E-state index contributed by atoms with van der Waals surface area (Å²) >= 11 is 1.98. The molecule has 0 spiro atoms. The van der Waals surface area contributed by atoms with E-state index in [1.807, 2.05) is 36.3 Å². The van der Waals surface area contributed by atoms with Gasteiger partial charge in [-0.05, 0) is 24.3 Å². The van der Waals surface area contributed by atoms with Gasteiger partial charge in [0, 0.05) is 23.4 Å². The molecule has 0 aliphatic carbocycles. The molecule has 1 fully saturated rings. The van der Waals surface area contributed by atoms with E-state index in [9.17, 15) is 4.79 Å². The molecule has 0 amide bonds. The van der Waals surface area contributed by atoms with Crippen molar-refractivity contribution in [3.63, 3.8) is 0 Å². The number of thioether (sulfide) groups is 1. The van der Waals surface area contributed by atoms with Gasteiger partial charge in [0.2, 0.25) is 0 Å². The van der Waals surface area contributed by atoms with Gasteiger partial charge in [0.15, 0.2) is 6.29 Å². The maximum atomic E-state index is 10.8. The number of imidazole rings is 1. The van der Waals surface area contributed by atoms with Crippen LogP contribution in [0, 0.1) is 0 Å². The Hall–Kier alpha value is -1.29. The summed E-state index contributed by atoms with van der Waals surface area (Å²) in [6.45, 7) is 0. The van der Waals surface area contributed by atoms with Crippen molar-refractivity contribution in [3.8, 4) is 0 Å². The summed E-state index contributed by atoms with van der Waals surface area (Å²) in [5, 5.41) is 0. The number of pyridine rings is 1. The van der Waals surface area contributed by atoms with Gasteiger partial charge in [-0.2, -0.15) is 11.8 Å². The second-order valence-electron chi connectivity index (χ2n) is 4.05. The Morgan fingerprint density at radius 3 is 3.19 bits per heavy atom. The fourth-order valence-corrected chi connectivity index (χ4v) is 3.35. The van der Waals surface area contributed by atoms with Gasteiger partial charge >= 0.3 is 0 Å². The van der Waals surface area contributed by atoms with Crippen molar-refractivity contribution in [2.24, 2.45) is 0 Å². The zero-order chi connectivity index (χ0) is 11.0. The number of aromatic nitrogens is 2. The van der Waals surface area contributed by atoms with Crippen molar-refractivity contribution in [1.29, 1.82) is 0 Å². The van der Waals surface area contributed by atoms with Crippen LogP contribution in [0.3, 0.4) is 0 Å². The standard InChI is InChI=1S/C12H12N2OS/c15-7-9-1-2-11-5-13-12(14(11)6-9)10-3-4-16-8-10/h1-2,5-7,10H,3-4,8H2. The molecular formula is C12H12N2OS. The fraction of sp³-hybridized carbons (Fsp3) is 0.333. The monoisotopic (exact) mass is 232 g/mol. The van der Waals surface area contributed by atoms with E-state index in [2.05, 4.69) is 9.38 Å². The average Bonchev–Trinajstić information content (AvgIpc) is 2.96. The van der Waals surface area contributed by atoms with Crippen LogP contribution in [0.1, 0.15) is 28.5 Å². The maximum Gasteiger partial charge on any atom is 0.151 e. The summed E-state index contributed by atoms with van der Waals surface area (Å²) in [4.78, 5) is 15.3. The second kappa shape index (κ2) is 3.94. The molecule has 1 atom stereocenters. The van der Waals surface area contributed by atoms with Crippen LogP contribution in [0.2, 0.25) is 0 Å². The minimum Gasteiger partial charge on any atom is -0.303 e. The molecule has 1 unspecified atom stereocenters. The van der Waals surface area contributed by atoms with E-state index in [-0.39, 0.29) is 0 Å². The summed E-state index contributed by atoms with van der Waals surface area (Å²) < 4.78 is 2.06. The number of aldehydes is 1. The Morgan fingerprint density at radius 2 is 2.44 bits per heavy atom. The normalized spacial score (nSPS) is 20.4. The minimum atomic E-state index is 0.536. The van der Waals surface area contributed by atoms with Gasteiger partial charge < -0.3 is 4.40 Å². The number of hydrogen-bond donors (Lipinski definition) is 0. The lowest BCUT2D eigenvalue weighted by molar-refractivity contribution is 0.112. The lowest BCUT2D eigenvalue weighted by Crippen LogP contribution is -2.03. The number of carbonyl (C=O) groups is 1. The Balaban J connectivity index is 2.13. The molecule has 16 heavy (non-hydrogen) atoms. The summed E-state index contributed by atoms with van der Waals surface area (Å²) in [7, 11) is 0. The molecule has 0 saturated carbocycles. The maximum absolute atomic E-state index is 10.8. The molecule has 3 nitrogen and oxygen atoms in total. The third-order valence-corrected chi connectivity index (χ3v) is 4.17. The topological polar surface area (TPSA) is 34.4 Å². The highest BCUT2D eigenvalue weighted by Gasteiger charge is 2.21. The van der Waals surface area contributed by atoms with Crippen LogP contribution in [-0.4, -0.2) is 27.2 Å². The summed E-state index contributed by atoms with van der Waals surface area (Å²) in [5.41, 5.74) is 1.77. The van der Waals surface area contributed by atoms with Crippen molar-refractivity contribution in [2.45, 2.75) is 12.3 Å². The first-order valence-corrected chi connectivity index (χ1v) is 6.54. The number of fused-ring (bicyclic) bond motifs is 1. The molecule has 2 aromatic heterocycles. The Bertz CT molecular complexity index is 529. The van der Waals surface area contributed by atoms with Crippen LogP contribution < -0.4 is 0 Å². The van der Waals surface area contributed by atoms with Gasteiger partial charge in [-0.1, -0.05) is 0 Å². The van der Waals surface area contributed by atoms with Crippen molar-refractivity contribution >= 4 is 23.6 Å². The van der Waals surface area contributed by atoms with E-state index in [1.54, 1.807) is 0 Å². The number of hydrogen-bond acceptors (Lipinski definition) is 3. The first kappa shape index (κ1) is 9.90. The quantitative estimate of drug-likeness (QED) is 0.745. The van der Waals surface area contributed by atoms with Crippen molar-refractivity contribution in [3.05, 3.63) is 35.9 Å². The van der Waals surface area contributed by atoms with E-state index < -0.39 is 0 Å². The highest BCUT2D eigenvalue weighted by atomic mass is 32.2. The molecule has 82 valence electrons. The molecule has 1 aliphatic heterocycles. The molecule has 0 N–H and O–H groups in total. The summed E-state index contributed by atoms with van der Waals surface area (Å²) in [6.07, 6.45) is 5.84. The number of nitrogens with zero attached hydrogens (tertiary/aromatic N) is 2. The van der Waals surface area contributed by atoms with Crippen LogP contribution in [0.5, 0.6) is 0 Å². The van der Waals surface area contributed by atoms with Crippen LogP contribution in [-0.2, 0) is 0 Å². The highest BCUT2D eigenvalue weighted by molar-refractivity contribution is 7.99. The molecule has 1 saturated heterocycles. The minimum absolute atomic E-state index is 0.536. The second-order valence-corrected chi connectivity index (χ2v) is 5.20. The van der Waals surface area contributed by atoms with Crippen LogP contribution in [0.4, 0.5) is 0 Å². The van der Waals surface area contributed by atoms with Gasteiger partial charge in [-0.15, -0.1) is 0 Å². The lowest BCUT2D eigenvalue weighted by Gasteiger charge is -2.07. The molecule has 0 radical (unpaired) electrons. The zero-order valence-corrected chi connectivity index (χ0v) is 9.61. The largest absolute Gasteiger partial charge is 0.303 e. The molecular weight excluding hydrogens is 220 g/mol. The average molecular weight is 232 g/mol. The third-order valence-electron chi connectivity index (χ3n) is 3.01. The van der Waals surface area contributed by atoms with Crippen molar-refractivity contribution in [1.82, 2.24) is 9.38 Å². The van der Waals surface area contributed by atoms with Crippen LogP contribution in [0.25, 0.3) is 5.52 Å². The summed E-state index contributed by atoms with van der Waals surface area (Å²) in [6, 6.07) is 3.78.